The highest BCUT2D eigenvalue weighted by Gasteiger charge is 2.17. The Labute approximate surface area is 159 Å². The van der Waals surface area contributed by atoms with Crippen molar-refractivity contribution in [1.29, 1.82) is 0 Å². The zero-order valence-electron chi connectivity index (χ0n) is 14.1. The molecule has 2 aromatic carbocycles. The quantitative estimate of drug-likeness (QED) is 0.455. The summed E-state index contributed by atoms with van der Waals surface area (Å²) in [5, 5.41) is 10.3. The van der Waals surface area contributed by atoms with Crippen molar-refractivity contribution in [2.45, 2.75) is 0 Å². The molecular formula is C21H13N5S. The maximum atomic E-state index is 4.87. The zero-order chi connectivity index (χ0) is 18.1. The summed E-state index contributed by atoms with van der Waals surface area (Å²) >= 11 is 1.50. The molecule has 0 unspecified atom stereocenters. The topological polar surface area (TPSA) is 64.5 Å². The maximum Gasteiger partial charge on any atom is 0.168 e. The minimum absolute atomic E-state index is 0.748. The summed E-state index contributed by atoms with van der Waals surface area (Å²) in [6.45, 7) is 0. The first-order valence-corrected chi connectivity index (χ1v) is 9.26. The third kappa shape index (κ3) is 2.96. The third-order valence-corrected chi connectivity index (χ3v) is 5.15. The number of nitrogens with zero attached hydrogens (tertiary/aromatic N) is 5. The van der Waals surface area contributed by atoms with E-state index in [9.17, 15) is 0 Å². The molecule has 5 aromatic rings. The van der Waals surface area contributed by atoms with Gasteiger partial charge in [0.25, 0.3) is 0 Å². The molecule has 0 aliphatic rings. The van der Waals surface area contributed by atoms with Crippen molar-refractivity contribution in [1.82, 2.24) is 25.1 Å². The lowest BCUT2D eigenvalue weighted by Crippen LogP contribution is -1.95. The van der Waals surface area contributed by atoms with Gasteiger partial charge in [0, 0.05) is 23.5 Å². The molecule has 0 saturated heterocycles. The molecule has 0 aliphatic heterocycles. The highest BCUT2D eigenvalue weighted by Crippen LogP contribution is 2.34. The van der Waals surface area contributed by atoms with Gasteiger partial charge in [-0.25, -0.2) is 9.97 Å². The van der Waals surface area contributed by atoms with Crippen LogP contribution in [0.4, 0.5) is 0 Å². The van der Waals surface area contributed by atoms with E-state index in [0.717, 1.165) is 43.6 Å². The van der Waals surface area contributed by atoms with Gasteiger partial charge in [-0.05, 0) is 24.3 Å². The van der Waals surface area contributed by atoms with Crippen LogP contribution in [0.25, 0.3) is 43.6 Å². The van der Waals surface area contributed by atoms with E-state index in [1.165, 1.54) is 11.3 Å². The van der Waals surface area contributed by atoms with E-state index < -0.39 is 0 Å². The molecule has 0 atom stereocenters. The summed E-state index contributed by atoms with van der Waals surface area (Å²) in [4.78, 5) is 13.8. The van der Waals surface area contributed by atoms with Gasteiger partial charge in [-0.2, -0.15) is 0 Å². The van der Waals surface area contributed by atoms with Gasteiger partial charge in [0.1, 0.15) is 10.7 Å². The molecule has 27 heavy (non-hydrogen) atoms. The second kappa shape index (κ2) is 6.66. The Morgan fingerprint density at radius 2 is 1.19 bits per heavy atom. The van der Waals surface area contributed by atoms with Gasteiger partial charge in [-0.3, -0.25) is 4.98 Å². The smallest absolute Gasteiger partial charge is 0.168 e. The van der Waals surface area contributed by atoms with Crippen molar-refractivity contribution in [3.05, 3.63) is 79.1 Å². The number of rotatable bonds is 3. The molecule has 0 amide bonds. The van der Waals surface area contributed by atoms with Crippen LogP contribution in [-0.2, 0) is 0 Å². The summed E-state index contributed by atoms with van der Waals surface area (Å²) < 4.78 is 0. The Morgan fingerprint density at radius 3 is 1.93 bits per heavy atom. The average Bonchev–Trinajstić information content (AvgIpc) is 3.24. The van der Waals surface area contributed by atoms with Crippen LogP contribution in [0.3, 0.4) is 0 Å². The van der Waals surface area contributed by atoms with E-state index in [0.29, 0.717) is 0 Å². The van der Waals surface area contributed by atoms with Crippen LogP contribution in [0.2, 0.25) is 0 Å². The largest absolute Gasteiger partial charge is 0.265 e. The van der Waals surface area contributed by atoms with Crippen molar-refractivity contribution in [2.24, 2.45) is 0 Å². The molecule has 0 fully saturated rings. The Hall–Kier alpha value is -3.51. The van der Waals surface area contributed by atoms with E-state index in [1.54, 1.807) is 12.4 Å². The average molecular weight is 367 g/mol. The molecule has 128 valence electrons. The van der Waals surface area contributed by atoms with E-state index in [2.05, 4.69) is 15.2 Å². The van der Waals surface area contributed by atoms with Crippen molar-refractivity contribution >= 4 is 22.4 Å². The highest BCUT2D eigenvalue weighted by atomic mass is 32.1. The number of pyridine rings is 1. The molecule has 0 radical (unpaired) electrons. The summed E-state index contributed by atoms with van der Waals surface area (Å²) in [5.41, 5.74) is 5.26. The first kappa shape index (κ1) is 15.7. The Bertz CT molecular complexity index is 1220. The maximum absolute atomic E-state index is 4.87. The minimum Gasteiger partial charge on any atom is -0.265 e. The lowest BCUT2D eigenvalue weighted by molar-refractivity contribution is 1.09. The van der Waals surface area contributed by atoms with Crippen molar-refractivity contribution in [3.8, 4) is 32.5 Å². The molecule has 0 bridgehead atoms. The molecule has 5 nitrogen and oxygen atoms in total. The van der Waals surface area contributed by atoms with Crippen LogP contribution in [-0.4, -0.2) is 25.1 Å². The number of aromatic nitrogens is 5. The van der Waals surface area contributed by atoms with Gasteiger partial charge in [0.05, 0.1) is 16.7 Å². The lowest BCUT2D eigenvalue weighted by Gasteiger charge is -2.07. The fourth-order valence-corrected chi connectivity index (χ4v) is 3.72. The number of benzene rings is 2. The normalized spacial score (nSPS) is 11.0. The monoisotopic (exact) mass is 367 g/mol. The molecule has 3 heterocycles. The van der Waals surface area contributed by atoms with Crippen molar-refractivity contribution < 1.29 is 0 Å². The molecular weight excluding hydrogens is 354 g/mol. The molecule has 0 saturated carbocycles. The predicted molar refractivity (Wildman–Crippen MR) is 107 cm³/mol. The summed E-state index contributed by atoms with van der Waals surface area (Å²) in [7, 11) is 0. The van der Waals surface area contributed by atoms with E-state index in [4.69, 9.17) is 9.97 Å². The van der Waals surface area contributed by atoms with Crippen LogP contribution in [0.1, 0.15) is 0 Å². The van der Waals surface area contributed by atoms with Gasteiger partial charge in [-0.15, -0.1) is 10.2 Å². The summed E-state index contributed by atoms with van der Waals surface area (Å²) in [5.74, 6) is 0. The SMILES string of the molecule is c1ccc(-c2nc3ccccc3nc2-c2nnc(-c3ccncc3)s2)cc1. The summed E-state index contributed by atoms with van der Waals surface area (Å²) in [6.07, 6.45) is 3.50. The number of fused-ring (bicyclic) bond motifs is 1. The fourth-order valence-electron chi connectivity index (χ4n) is 2.88. The molecule has 6 heteroatoms. The molecule has 3 aromatic heterocycles. The Kier molecular flexibility index (Phi) is 3.88. The summed E-state index contributed by atoms with van der Waals surface area (Å²) in [6, 6.07) is 21.8. The van der Waals surface area contributed by atoms with E-state index >= 15 is 0 Å². The van der Waals surface area contributed by atoms with Crippen molar-refractivity contribution in [3.63, 3.8) is 0 Å². The van der Waals surface area contributed by atoms with Crippen LogP contribution < -0.4 is 0 Å². The predicted octanol–water partition coefficient (Wildman–Crippen LogP) is 4.88. The van der Waals surface area contributed by atoms with Gasteiger partial charge in [-0.1, -0.05) is 53.8 Å². The zero-order valence-corrected chi connectivity index (χ0v) is 15.0. The third-order valence-electron chi connectivity index (χ3n) is 4.17. The second-order valence-electron chi connectivity index (χ2n) is 5.92. The Balaban J connectivity index is 1.71. The molecule has 0 spiro atoms. The van der Waals surface area contributed by atoms with E-state index in [-0.39, 0.29) is 0 Å². The second-order valence-corrected chi connectivity index (χ2v) is 6.90. The molecule has 0 aliphatic carbocycles. The lowest BCUT2D eigenvalue weighted by atomic mass is 10.1. The van der Waals surface area contributed by atoms with Gasteiger partial charge in [0.2, 0.25) is 0 Å². The van der Waals surface area contributed by atoms with E-state index in [1.807, 2.05) is 66.7 Å². The highest BCUT2D eigenvalue weighted by molar-refractivity contribution is 7.17. The molecule has 5 rings (SSSR count). The first-order valence-electron chi connectivity index (χ1n) is 8.45. The van der Waals surface area contributed by atoms with Crippen LogP contribution >= 0.6 is 11.3 Å². The number of hydrogen-bond acceptors (Lipinski definition) is 6. The van der Waals surface area contributed by atoms with Crippen LogP contribution in [0.5, 0.6) is 0 Å². The fraction of sp³-hybridized carbons (Fsp3) is 0. The standard InChI is InChI=1S/C21H13N5S/c1-2-6-14(7-3-1)18-19(24-17-9-5-4-8-16(17)23-18)21-26-25-20(27-21)15-10-12-22-13-11-15/h1-13H. The van der Waals surface area contributed by atoms with Crippen molar-refractivity contribution in [2.75, 3.05) is 0 Å². The van der Waals surface area contributed by atoms with Crippen LogP contribution in [0.15, 0.2) is 79.1 Å². The van der Waals surface area contributed by atoms with Gasteiger partial charge < -0.3 is 0 Å². The van der Waals surface area contributed by atoms with Crippen LogP contribution in [0, 0.1) is 0 Å². The molecule has 0 N–H and O–H groups in total. The number of para-hydroxylation sites is 2. The minimum atomic E-state index is 0.748. The number of hydrogen-bond donors (Lipinski definition) is 0. The Morgan fingerprint density at radius 1 is 0.556 bits per heavy atom. The van der Waals surface area contributed by atoms with Gasteiger partial charge in [0.15, 0.2) is 5.01 Å². The van der Waals surface area contributed by atoms with Gasteiger partial charge >= 0.3 is 0 Å². The first-order chi connectivity index (χ1) is 13.4.